The molecule has 2 rings (SSSR count). The van der Waals surface area contributed by atoms with Gasteiger partial charge in [-0.15, -0.1) is 0 Å². The number of nitrogens with two attached hydrogens (primary N) is 1. The molecule has 4 N–H and O–H groups in total. The van der Waals surface area contributed by atoms with Crippen LogP contribution >= 0.6 is 0 Å². The van der Waals surface area contributed by atoms with E-state index in [2.05, 4.69) is 4.74 Å². The molecule has 1 aliphatic carbocycles. The van der Waals surface area contributed by atoms with Crippen molar-refractivity contribution in [2.75, 3.05) is 13.7 Å². The summed E-state index contributed by atoms with van der Waals surface area (Å²) in [6.07, 6.45) is 1.28. The van der Waals surface area contributed by atoms with Crippen LogP contribution in [0.25, 0.3) is 0 Å². The smallest absolute Gasteiger partial charge is 0.337 e. The third kappa shape index (κ3) is 1.64. The van der Waals surface area contributed by atoms with Crippen LogP contribution in [0, 0.1) is 11.8 Å². The van der Waals surface area contributed by atoms with Crippen molar-refractivity contribution >= 4 is 5.97 Å². The van der Waals surface area contributed by atoms with Crippen LogP contribution in [0.1, 0.15) is 12.8 Å². The summed E-state index contributed by atoms with van der Waals surface area (Å²) >= 11 is 0. The molecule has 0 aromatic carbocycles. The van der Waals surface area contributed by atoms with Crippen molar-refractivity contribution in [1.82, 2.24) is 0 Å². The van der Waals surface area contributed by atoms with Crippen LogP contribution in [0.3, 0.4) is 0 Å². The van der Waals surface area contributed by atoms with E-state index in [-0.39, 0.29) is 18.4 Å². The quantitative estimate of drug-likeness (QED) is 0.544. The normalized spacial score (nSPS) is 40.2. The van der Waals surface area contributed by atoms with Gasteiger partial charge in [-0.05, 0) is 12.8 Å². The van der Waals surface area contributed by atoms with Crippen molar-refractivity contribution in [1.29, 1.82) is 0 Å². The van der Waals surface area contributed by atoms with E-state index in [4.69, 9.17) is 10.5 Å². The fourth-order valence-corrected chi connectivity index (χ4v) is 2.85. The number of carbonyl (C=O) groups is 1. The second-order valence-electron chi connectivity index (χ2n) is 4.56. The van der Waals surface area contributed by atoms with Crippen molar-refractivity contribution < 1.29 is 24.5 Å². The van der Waals surface area contributed by atoms with Crippen molar-refractivity contribution in [3.05, 3.63) is 11.8 Å². The molecule has 1 fully saturated rings. The Labute approximate surface area is 99.0 Å². The monoisotopic (exact) mass is 243 g/mol. The highest BCUT2D eigenvalue weighted by molar-refractivity contribution is 5.89. The summed E-state index contributed by atoms with van der Waals surface area (Å²) in [5.74, 6) is -1.12. The minimum atomic E-state index is -1.21. The van der Waals surface area contributed by atoms with Crippen LogP contribution < -0.4 is 5.73 Å². The lowest BCUT2D eigenvalue weighted by molar-refractivity contribution is -0.152. The number of rotatable bonds is 2. The Morgan fingerprint density at radius 2 is 2.41 bits per heavy atom. The van der Waals surface area contributed by atoms with E-state index >= 15 is 0 Å². The van der Waals surface area contributed by atoms with Gasteiger partial charge in [-0.1, -0.05) is 0 Å². The summed E-state index contributed by atoms with van der Waals surface area (Å²) in [7, 11) is 1.28. The molecule has 1 heterocycles. The van der Waals surface area contributed by atoms with Gasteiger partial charge in [-0.25, -0.2) is 4.79 Å². The molecule has 0 bridgehead atoms. The van der Waals surface area contributed by atoms with Crippen molar-refractivity contribution in [3.63, 3.8) is 0 Å². The summed E-state index contributed by atoms with van der Waals surface area (Å²) in [6, 6.07) is 0. The fraction of sp³-hybridized carbons (Fsp3) is 0.727. The lowest BCUT2D eigenvalue weighted by atomic mass is 9.76. The first-order valence-electron chi connectivity index (χ1n) is 5.57. The number of carbonyl (C=O) groups excluding carboxylic acids is 1. The standard InChI is InChI=1S/C11H17NO5/c1-16-9(14)7-5-17-10(15)11(12)6(4-13)2-3-8(7)11/h5-6,8,10,13,15H,2-4,12H2,1H3/t6?,8-,10-,11+/m1/s1. The molecule has 1 unspecified atom stereocenters. The van der Waals surface area contributed by atoms with Gasteiger partial charge in [-0.3, -0.25) is 0 Å². The zero-order chi connectivity index (χ0) is 12.6. The summed E-state index contributed by atoms with van der Waals surface area (Å²) < 4.78 is 9.68. The van der Waals surface area contributed by atoms with Gasteiger partial charge in [0.2, 0.25) is 6.29 Å². The Balaban J connectivity index is 2.35. The molecule has 0 radical (unpaired) electrons. The van der Waals surface area contributed by atoms with E-state index in [0.717, 1.165) is 0 Å². The number of fused-ring (bicyclic) bond motifs is 1. The van der Waals surface area contributed by atoms with E-state index in [0.29, 0.717) is 18.4 Å². The third-order valence-corrected chi connectivity index (χ3v) is 3.88. The molecule has 17 heavy (non-hydrogen) atoms. The molecule has 0 amide bonds. The molecule has 0 aromatic rings. The average molecular weight is 243 g/mol. The molecule has 6 heteroatoms. The number of hydrogen-bond donors (Lipinski definition) is 3. The van der Waals surface area contributed by atoms with Gasteiger partial charge in [0.05, 0.1) is 24.5 Å². The van der Waals surface area contributed by atoms with Crippen molar-refractivity contribution in [3.8, 4) is 0 Å². The lowest BCUT2D eigenvalue weighted by Gasteiger charge is -2.42. The topological polar surface area (TPSA) is 102 Å². The molecule has 2 aliphatic rings. The maximum Gasteiger partial charge on any atom is 0.337 e. The van der Waals surface area contributed by atoms with Crippen LogP contribution in [0.2, 0.25) is 0 Å². The number of esters is 1. The molecule has 6 nitrogen and oxygen atoms in total. The molecule has 1 saturated carbocycles. The molecular formula is C11H17NO5. The zero-order valence-corrected chi connectivity index (χ0v) is 9.63. The SMILES string of the molecule is COC(=O)C1=CO[C@@H](O)[C@]2(N)C(CO)CC[C@H]12. The number of aliphatic hydroxyl groups is 2. The van der Waals surface area contributed by atoms with Crippen LogP contribution in [0.5, 0.6) is 0 Å². The molecule has 0 saturated heterocycles. The van der Waals surface area contributed by atoms with E-state index in [1.165, 1.54) is 13.4 Å². The predicted octanol–water partition coefficient (Wildman–Crippen LogP) is -0.892. The molecule has 0 spiro atoms. The second kappa shape index (κ2) is 4.29. The summed E-state index contributed by atoms with van der Waals surface area (Å²) in [5, 5.41) is 19.1. The first kappa shape index (κ1) is 12.3. The molecule has 1 aliphatic heterocycles. The molecule has 96 valence electrons. The lowest BCUT2D eigenvalue weighted by Crippen LogP contribution is -2.62. The number of methoxy groups -OCH3 is 1. The number of ether oxygens (including phenoxy) is 2. The Hall–Kier alpha value is -1.11. The van der Waals surface area contributed by atoms with Crippen LogP contribution in [-0.2, 0) is 14.3 Å². The predicted molar refractivity (Wildman–Crippen MR) is 57.4 cm³/mol. The van der Waals surface area contributed by atoms with Gasteiger partial charge in [0, 0.05) is 18.4 Å². The Bertz CT molecular complexity index is 356. The minimum Gasteiger partial charge on any atom is -0.470 e. The summed E-state index contributed by atoms with van der Waals surface area (Å²) in [5.41, 5.74) is 5.37. The molecular weight excluding hydrogens is 226 g/mol. The Morgan fingerprint density at radius 1 is 1.71 bits per heavy atom. The first-order chi connectivity index (χ1) is 8.05. The summed E-state index contributed by atoms with van der Waals surface area (Å²) in [4.78, 5) is 11.6. The number of aliphatic hydroxyl groups excluding tert-OH is 2. The Morgan fingerprint density at radius 3 is 3.00 bits per heavy atom. The van der Waals surface area contributed by atoms with Gasteiger partial charge in [0.15, 0.2) is 0 Å². The van der Waals surface area contributed by atoms with E-state index in [1.807, 2.05) is 0 Å². The highest BCUT2D eigenvalue weighted by Gasteiger charge is 2.57. The largest absolute Gasteiger partial charge is 0.470 e. The first-order valence-corrected chi connectivity index (χ1v) is 5.57. The van der Waals surface area contributed by atoms with Gasteiger partial charge in [0.1, 0.15) is 0 Å². The van der Waals surface area contributed by atoms with Gasteiger partial charge >= 0.3 is 5.97 Å². The van der Waals surface area contributed by atoms with E-state index in [9.17, 15) is 15.0 Å². The molecule has 0 aromatic heterocycles. The van der Waals surface area contributed by atoms with Crippen molar-refractivity contribution in [2.45, 2.75) is 24.7 Å². The van der Waals surface area contributed by atoms with Gasteiger partial charge < -0.3 is 25.4 Å². The van der Waals surface area contributed by atoms with Gasteiger partial charge in [-0.2, -0.15) is 0 Å². The highest BCUT2D eigenvalue weighted by Crippen LogP contribution is 2.47. The highest BCUT2D eigenvalue weighted by atomic mass is 16.6. The average Bonchev–Trinajstić information content (AvgIpc) is 2.68. The second-order valence-corrected chi connectivity index (χ2v) is 4.56. The maximum absolute atomic E-state index is 11.6. The van der Waals surface area contributed by atoms with Gasteiger partial charge in [0.25, 0.3) is 0 Å². The zero-order valence-electron chi connectivity index (χ0n) is 9.63. The maximum atomic E-state index is 11.6. The Kier molecular flexibility index (Phi) is 3.11. The summed E-state index contributed by atoms with van der Waals surface area (Å²) in [6.45, 7) is -0.137. The van der Waals surface area contributed by atoms with Crippen molar-refractivity contribution in [2.24, 2.45) is 17.6 Å². The van der Waals surface area contributed by atoms with E-state index in [1.54, 1.807) is 0 Å². The minimum absolute atomic E-state index is 0.137. The van der Waals surface area contributed by atoms with Crippen LogP contribution in [-0.4, -0.2) is 41.7 Å². The molecule has 4 atom stereocenters. The fourth-order valence-electron chi connectivity index (χ4n) is 2.85. The van der Waals surface area contributed by atoms with Crippen LogP contribution in [0.4, 0.5) is 0 Å². The van der Waals surface area contributed by atoms with Crippen LogP contribution in [0.15, 0.2) is 11.8 Å². The number of hydrogen-bond acceptors (Lipinski definition) is 6. The van der Waals surface area contributed by atoms with E-state index < -0.39 is 17.8 Å². The third-order valence-electron chi connectivity index (χ3n) is 3.88.